The standard InChI is InChI=1S/C29H23N5OS/c36-29-32-27(24-11-4-6-18-30-24)28(25-12-8-20-33(25)26-13-5-7-19-31-26)34(29)21-14-16-23(17-15-21)35-22-9-2-1-3-10-22/h1-20,27-28H,(H,32,36)/t27-,28+/m0/s1. The zero-order valence-electron chi connectivity index (χ0n) is 19.3. The highest BCUT2D eigenvalue weighted by atomic mass is 32.1. The molecule has 2 atom stereocenters. The number of anilines is 1. The van der Waals surface area contributed by atoms with Crippen LogP contribution in [0.5, 0.6) is 11.5 Å². The lowest BCUT2D eigenvalue weighted by molar-refractivity contribution is 0.482. The first-order valence-corrected chi connectivity index (χ1v) is 12.1. The van der Waals surface area contributed by atoms with E-state index in [-0.39, 0.29) is 12.1 Å². The van der Waals surface area contributed by atoms with Crippen molar-refractivity contribution in [2.75, 3.05) is 4.90 Å². The molecule has 0 unspecified atom stereocenters. The molecule has 0 spiro atoms. The van der Waals surface area contributed by atoms with Crippen molar-refractivity contribution in [1.29, 1.82) is 0 Å². The van der Waals surface area contributed by atoms with Crippen molar-refractivity contribution in [3.63, 3.8) is 0 Å². The maximum Gasteiger partial charge on any atom is 0.174 e. The molecule has 6 nitrogen and oxygen atoms in total. The molecule has 5 aromatic rings. The first-order chi connectivity index (χ1) is 17.8. The van der Waals surface area contributed by atoms with E-state index >= 15 is 0 Å². The van der Waals surface area contributed by atoms with Gasteiger partial charge in [-0.1, -0.05) is 30.3 Å². The fourth-order valence-electron chi connectivity index (χ4n) is 4.57. The fraction of sp³-hybridized carbons (Fsp3) is 0.0690. The Morgan fingerprint density at radius 1 is 0.722 bits per heavy atom. The molecule has 1 fully saturated rings. The van der Waals surface area contributed by atoms with E-state index in [2.05, 4.69) is 30.8 Å². The molecule has 1 aliphatic rings. The van der Waals surface area contributed by atoms with Gasteiger partial charge in [0.25, 0.3) is 0 Å². The molecule has 0 aliphatic carbocycles. The number of benzene rings is 2. The van der Waals surface area contributed by atoms with Crippen LogP contribution in [0.4, 0.5) is 5.69 Å². The molecule has 0 amide bonds. The number of nitrogens with zero attached hydrogens (tertiary/aromatic N) is 4. The number of para-hydroxylation sites is 1. The summed E-state index contributed by atoms with van der Waals surface area (Å²) in [6.45, 7) is 0. The summed E-state index contributed by atoms with van der Waals surface area (Å²) in [4.78, 5) is 11.4. The third-order valence-corrected chi connectivity index (χ3v) is 6.49. The maximum atomic E-state index is 6.00. The fourth-order valence-corrected chi connectivity index (χ4v) is 4.92. The van der Waals surface area contributed by atoms with Crippen LogP contribution in [0.3, 0.4) is 0 Å². The Morgan fingerprint density at radius 3 is 2.17 bits per heavy atom. The van der Waals surface area contributed by atoms with Crippen molar-refractivity contribution >= 4 is 23.0 Å². The monoisotopic (exact) mass is 489 g/mol. The molecule has 0 radical (unpaired) electrons. The zero-order chi connectivity index (χ0) is 24.3. The molecular formula is C29H23N5OS. The molecule has 176 valence electrons. The van der Waals surface area contributed by atoms with Gasteiger partial charge in [-0.2, -0.15) is 0 Å². The third kappa shape index (κ3) is 4.21. The van der Waals surface area contributed by atoms with Gasteiger partial charge < -0.3 is 19.5 Å². The molecule has 6 rings (SSSR count). The predicted octanol–water partition coefficient (Wildman–Crippen LogP) is 6.24. The van der Waals surface area contributed by atoms with Gasteiger partial charge in [0.05, 0.1) is 11.7 Å². The van der Waals surface area contributed by atoms with Gasteiger partial charge in [0.15, 0.2) is 5.11 Å². The van der Waals surface area contributed by atoms with Crippen molar-refractivity contribution in [3.05, 3.63) is 133 Å². The number of nitrogens with one attached hydrogen (secondary N) is 1. The number of pyridine rings is 2. The molecule has 1 saturated heterocycles. The van der Waals surface area contributed by atoms with Gasteiger partial charge >= 0.3 is 0 Å². The smallest absolute Gasteiger partial charge is 0.174 e. The van der Waals surface area contributed by atoms with E-state index in [1.54, 1.807) is 6.20 Å². The summed E-state index contributed by atoms with van der Waals surface area (Å²) in [6.07, 6.45) is 5.65. The number of ether oxygens (including phenoxy) is 1. The van der Waals surface area contributed by atoms with Gasteiger partial charge in [-0.3, -0.25) is 4.98 Å². The molecule has 1 aliphatic heterocycles. The highest BCUT2D eigenvalue weighted by molar-refractivity contribution is 7.80. The van der Waals surface area contributed by atoms with Crippen LogP contribution < -0.4 is 15.0 Å². The Kier molecular flexibility index (Phi) is 5.89. The van der Waals surface area contributed by atoms with Crippen molar-refractivity contribution in [3.8, 4) is 17.3 Å². The Labute approximate surface area is 214 Å². The Bertz CT molecular complexity index is 1460. The summed E-state index contributed by atoms with van der Waals surface area (Å²) in [6, 6.07) is 33.5. The van der Waals surface area contributed by atoms with Gasteiger partial charge in [-0.25, -0.2) is 4.98 Å². The van der Waals surface area contributed by atoms with Crippen LogP contribution in [0.1, 0.15) is 23.5 Å². The van der Waals surface area contributed by atoms with Crippen molar-refractivity contribution in [2.45, 2.75) is 12.1 Å². The molecule has 4 heterocycles. The van der Waals surface area contributed by atoms with Gasteiger partial charge in [0.1, 0.15) is 23.4 Å². The highest BCUT2D eigenvalue weighted by Crippen LogP contribution is 2.42. The van der Waals surface area contributed by atoms with Gasteiger partial charge in [-0.15, -0.1) is 0 Å². The van der Waals surface area contributed by atoms with Crippen LogP contribution in [0.15, 0.2) is 122 Å². The Morgan fingerprint density at radius 2 is 1.44 bits per heavy atom. The number of hydrogen-bond donors (Lipinski definition) is 1. The average molecular weight is 490 g/mol. The minimum Gasteiger partial charge on any atom is -0.457 e. The summed E-state index contributed by atoms with van der Waals surface area (Å²) in [5.41, 5.74) is 2.94. The van der Waals surface area contributed by atoms with Crippen LogP contribution in [0.25, 0.3) is 5.82 Å². The van der Waals surface area contributed by atoms with E-state index in [0.717, 1.165) is 34.4 Å². The minimum atomic E-state index is -0.148. The largest absolute Gasteiger partial charge is 0.457 e. The number of thiocarbonyl (C=S) groups is 1. The summed E-state index contributed by atoms with van der Waals surface area (Å²) in [5, 5.41) is 4.16. The average Bonchev–Trinajstić information content (AvgIpc) is 3.55. The van der Waals surface area contributed by atoms with Gasteiger partial charge in [0.2, 0.25) is 0 Å². The van der Waals surface area contributed by atoms with Crippen molar-refractivity contribution < 1.29 is 4.74 Å². The first-order valence-electron chi connectivity index (χ1n) is 11.7. The number of aromatic nitrogens is 3. The van der Waals surface area contributed by atoms with Gasteiger partial charge in [-0.05, 0) is 85.0 Å². The zero-order valence-corrected chi connectivity index (χ0v) is 20.1. The summed E-state index contributed by atoms with van der Waals surface area (Å²) in [7, 11) is 0. The predicted molar refractivity (Wildman–Crippen MR) is 144 cm³/mol. The molecule has 0 bridgehead atoms. The number of hydrogen-bond acceptors (Lipinski definition) is 4. The van der Waals surface area contributed by atoms with E-state index in [0.29, 0.717) is 5.11 Å². The molecule has 1 N–H and O–H groups in total. The lowest BCUT2D eigenvalue weighted by Gasteiger charge is -2.29. The SMILES string of the molecule is S=C1N[C@@H](c2ccccn2)[C@@H](c2cccn2-c2ccccn2)N1c1ccc(Oc2ccccc2)cc1. The molecule has 2 aromatic carbocycles. The second-order valence-corrected chi connectivity index (χ2v) is 8.78. The minimum absolute atomic E-state index is 0.142. The van der Waals surface area contributed by atoms with E-state index < -0.39 is 0 Å². The van der Waals surface area contributed by atoms with Crippen LogP contribution >= 0.6 is 12.2 Å². The first kappa shape index (κ1) is 22.0. The quantitative estimate of drug-likeness (QED) is 0.285. The Hall–Kier alpha value is -4.49. The van der Waals surface area contributed by atoms with Crippen LogP contribution in [-0.2, 0) is 0 Å². The second-order valence-electron chi connectivity index (χ2n) is 8.40. The second kappa shape index (κ2) is 9.64. The molecule has 0 saturated carbocycles. The van der Waals surface area contributed by atoms with E-state index in [1.807, 2.05) is 109 Å². The summed E-state index contributed by atoms with van der Waals surface area (Å²) >= 11 is 5.88. The molecule has 36 heavy (non-hydrogen) atoms. The Balaban J connectivity index is 1.40. The lowest BCUT2D eigenvalue weighted by Crippen LogP contribution is -2.30. The van der Waals surface area contributed by atoms with Crippen LogP contribution in [0, 0.1) is 0 Å². The summed E-state index contributed by atoms with van der Waals surface area (Å²) in [5.74, 6) is 2.41. The molecule has 7 heteroatoms. The van der Waals surface area contributed by atoms with E-state index in [1.165, 1.54) is 0 Å². The van der Waals surface area contributed by atoms with E-state index in [9.17, 15) is 0 Å². The topological polar surface area (TPSA) is 55.2 Å². The third-order valence-electron chi connectivity index (χ3n) is 6.17. The van der Waals surface area contributed by atoms with E-state index in [4.69, 9.17) is 17.0 Å². The van der Waals surface area contributed by atoms with Crippen LogP contribution in [0.2, 0.25) is 0 Å². The van der Waals surface area contributed by atoms with Gasteiger partial charge in [0, 0.05) is 30.0 Å². The maximum absolute atomic E-state index is 6.00. The molecule has 3 aromatic heterocycles. The highest BCUT2D eigenvalue weighted by Gasteiger charge is 2.42. The van der Waals surface area contributed by atoms with Crippen LogP contribution in [-0.4, -0.2) is 19.6 Å². The number of rotatable bonds is 6. The lowest BCUT2D eigenvalue weighted by atomic mass is 10.0. The summed E-state index contributed by atoms with van der Waals surface area (Å²) < 4.78 is 8.11. The normalized spacial score (nSPS) is 17.1. The van der Waals surface area contributed by atoms with Crippen molar-refractivity contribution in [1.82, 2.24) is 19.9 Å². The van der Waals surface area contributed by atoms with Crippen molar-refractivity contribution in [2.24, 2.45) is 0 Å². The molecular weight excluding hydrogens is 466 g/mol.